The average molecular weight is 457 g/mol. The van der Waals surface area contributed by atoms with E-state index in [1.165, 1.54) is 15.9 Å². The van der Waals surface area contributed by atoms with E-state index in [0.29, 0.717) is 20.9 Å². The fourth-order valence-electron chi connectivity index (χ4n) is 4.08. The van der Waals surface area contributed by atoms with Crippen molar-refractivity contribution in [2.45, 2.75) is 6.04 Å². The zero-order valence-electron chi connectivity index (χ0n) is 17.5. The van der Waals surface area contributed by atoms with E-state index in [1.807, 2.05) is 60.8 Å². The van der Waals surface area contributed by atoms with E-state index >= 15 is 0 Å². The molecule has 0 bridgehead atoms. The van der Waals surface area contributed by atoms with Crippen LogP contribution in [0.1, 0.15) is 9.67 Å². The fourth-order valence-corrected chi connectivity index (χ4v) is 5.01. The zero-order valence-corrected chi connectivity index (χ0v) is 18.3. The maximum absolute atomic E-state index is 13.1. The molecule has 4 heterocycles. The van der Waals surface area contributed by atoms with E-state index in [1.54, 1.807) is 6.07 Å². The lowest BCUT2D eigenvalue weighted by molar-refractivity contribution is 0.0928. The van der Waals surface area contributed by atoms with Crippen LogP contribution >= 0.6 is 11.3 Å². The van der Waals surface area contributed by atoms with Gasteiger partial charge < -0.3 is 20.9 Å². The van der Waals surface area contributed by atoms with Gasteiger partial charge in [-0.2, -0.15) is 0 Å². The van der Waals surface area contributed by atoms with Gasteiger partial charge in [-0.05, 0) is 36.4 Å². The van der Waals surface area contributed by atoms with Crippen LogP contribution in [0.5, 0.6) is 0 Å². The highest BCUT2D eigenvalue weighted by atomic mass is 32.1. The number of nitrogen functional groups attached to an aromatic ring is 1. The minimum Gasteiger partial charge on any atom is -0.379 e. The molecule has 6 rings (SSSR count). The molecule has 1 saturated heterocycles. The molecule has 0 spiro atoms. The van der Waals surface area contributed by atoms with Crippen LogP contribution in [0.25, 0.3) is 32.6 Å². The van der Waals surface area contributed by atoms with Crippen molar-refractivity contribution < 1.29 is 4.79 Å². The first-order chi connectivity index (χ1) is 16.1. The number of thiophene rings is 1. The van der Waals surface area contributed by atoms with Crippen LogP contribution in [0.3, 0.4) is 0 Å². The van der Waals surface area contributed by atoms with Crippen molar-refractivity contribution in [3.63, 3.8) is 0 Å². The minimum atomic E-state index is -0.410. The summed E-state index contributed by atoms with van der Waals surface area (Å²) in [6.45, 7) is 1.52. The van der Waals surface area contributed by atoms with E-state index in [9.17, 15) is 9.59 Å². The smallest absolute Gasteiger partial charge is 0.298 e. The number of hydrogen-bond acceptors (Lipinski definition) is 6. The van der Waals surface area contributed by atoms with E-state index in [0.717, 1.165) is 29.7 Å². The third-order valence-electron chi connectivity index (χ3n) is 5.89. The van der Waals surface area contributed by atoms with Gasteiger partial charge in [-0.25, -0.2) is 4.98 Å². The normalized spacial score (nSPS) is 13.9. The van der Waals surface area contributed by atoms with Gasteiger partial charge in [0, 0.05) is 30.4 Å². The number of benzene rings is 2. The molecule has 0 saturated carbocycles. The largest absolute Gasteiger partial charge is 0.379 e. The Morgan fingerprint density at radius 2 is 1.88 bits per heavy atom. The second-order valence-corrected chi connectivity index (χ2v) is 9.06. The fraction of sp³-hybridized carbons (Fsp3) is 0.125. The number of fused-ring (bicyclic) bond motifs is 2. The van der Waals surface area contributed by atoms with Crippen molar-refractivity contribution in [1.82, 2.24) is 24.8 Å². The molecule has 2 aromatic carbocycles. The number of rotatable bonds is 4. The molecule has 0 aliphatic carbocycles. The van der Waals surface area contributed by atoms with Crippen LogP contribution in [0.15, 0.2) is 71.7 Å². The number of nitrogens with one attached hydrogen (secondary N) is 2. The maximum atomic E-state index is 13.1. The lowest BCUT2D eigenvalue weighted by atomic mass is 10.2. The Labute approximate surface area is 192 Å². The van der Waals surface area contributed by atoms with Crippen molar-refractivity contribution >= 4 is 44.3 Å². The highest BCUT2D eigenvalue weighted by Gasteiger charge is 2.22. The molecule has 1 aliphatic heterocycles. The third-order valence-corrected chi connectivity index (χ3v) is 6.91. The summed E-state index contributed by atoms with van der Waals surface area (Å²) in [5.41, 5.74) is 8.78. The SMILES string of the molecule is Nc1nc2sc(C(=O)NC3CNC3)cc2n(-c2ccc3ccn(-c4ccccc4)c3c2)c1=O. The van der Waals surface area contributed by atoms with E-state index in [4.69, 9.17) is 5.73 Å². The van der Waals surface area contributed by atoms with Crippen molar-refractivity contribution in [2.75, 3.05) is 18.8 Å². The quantitative estimate of drug-likeness (QED) is 0.386. The second-order valence-electron chi connectivity index (χ2n) is 8.03. The molecule has 9 heteroatoms. The Morgan fingerprint density at radius 3 is 2.64 bits per heavy atom. The molecule has 4 N–H and O–H groups in total. The van der Waals surface area contributed by atoms with Gasteiger partial charge in [-0.3, -0.25) is 14.2 Å². The monoisotopic (exact) mass is 456 g/mol. The van der Waals surface area contributed by atoms with Crippen LogP contribution in [-0.2, 0) is 0 Å². The molecule has 0 radical (unpaired) electrons. The molecule has 1 aliphatic rings. The first-order valence-corrected chi connectivity index (χ1v) is 11.4. The zero-order chi connectivity index (χ0) is 22.5. The van der Waals surface area contributed by atoms with Gasteiger partial charge in [0.25, 0.3) is 11.5 Å². The molecule has 1 amide bonds. The maximum Gasteiger partial charge on any atom is 0.298 e. The Bertz CT molecular complexity index is 1580. The first-order valence-electron chi connectivity index (χ1n) is 10.6. The van der Waals surface area contributed by atoms with Gasteiger partial charge in [0.2, 0.25) is 0 Å². The highest BCUT2D eigenvalue weighted by Crippen LogP contribution is 2.28. The van der Waals surface area contributed by atoms with Crippen LogP contribution < -0.4 is 21.9 Å². The number of para-hydroxylation sites is 1. The van der Waals surface area contributed by atoms with Crippen LogP contribution in [-0.4, -0.2) is 39.2 Å². The van der Waals surface area contributed by atoms with Gasteiger partial charge in [0.1, 0.15) is 4.83 Å². The molecule has 33 heavy (non-hydrogen) atoms. The molecule has 164 valence electrons. The van der Waals surface area contributed by atoms with Crippen molar-refractivity contribution in [1.29, 1.82) is 0 Å². The van der Waals surface area contributed by atoms with E-state index in [2.05, 4.69) is 20.2 Å². The predicted octanol–water partition coefficient (Wildman–Crippen LogP) is 2.67. The molecule has 8 nitrogen and oxygen atoms in total. The summed E-state index contributed by atoms with van der Waals surface area (Å²) in [5, 5.41) is 7.17. The number of amides is 1. The number of aromatic nitrogens is 3. The van der Waals surface area contributed by atoms with E-state index < -0.39 is 5.56 Å². The van der Waals surface area contributed by atoms with Gasteiger partial charge in [-0.15, -0.1) is 11.3 Å². The Balaban J connectivity index is 1.51. The standard InChI is InChI=1S/C24H20N6O2S/c25-21-24(32)30(19-11-20(33-23(19)28-21)22(31)27-15-12-26-13-15)17-7-6-14-8-9-29(18(14)10-17)16-4-2-1-3-5-16/h1-11,15,26H,12-13H2,(H2,25,28)(H,27,31). The summed E-state index contributed by atoms with van der Waals surface area (Å²) < 4.78 is 3.61. The highest BCUT2D eigenvalue weighted by molar-refractivity contribution is 7.20. The lowest BCUT2D eigenvalue weighted by Gasteiger charge is -2.27. The summed E-state index contributed by atoms with van der Waals surface area (Å²) in [7, 11) is 0. The lowest BCUT2D eigenvalue weighted by Crippen LogP contribution is -2.56. The Morgan fingerprint density at radius 1 is 1.06 bits per heavy atom. The van der Waals surface area contributed by atoms with Gasteiger partial charge >= 0.3 is 0 Å². The van der Waals surface area contributed by atoms with Crippen LogP contribution in [0.2, 0.25) is 0 Å². The summed E-state index contributed by atoms with van der Waals surface area (Å²) in [4.78, 5) is 31.1. The summed E-state index contributed by atoms with van der Waals surface area (Å²) >= 11 is 1.23. The first kappa shape index (κ1) is 19.7. The summed E-state index contributed by atoms with van der Waals surface area (Å²) in [6.07, 6.45) is 2.01. The number of carbonyl (C=O) groups is 1. The molecular weight excluding hydrogens is 436 g/mol. The topological polar surface area (TPSA) is 107 Å². The van der Waals surface area contributed by atoms with E-state index in [-0.39, 0.29) is 17.8 Å². The molecule has 0 unspecified atom stereocenters. The molecular formula is C24H20N6O2S. The van der Waals surface area contributed by atoms with Gasteiger partial charge in [-0.1, -0.05) is 24.3 Å². The number of nitrogens with zero attached hydrogens (tertiary/aromatic N) is 3. The third kappa shape index (κ3) is 3.29. The molecule has 5 aromatic rings. The summed E-state index contributed by atoms with van der Waals surface area (Å²) in [5.74, 6) is -0.270. The van der Waals surface area contributed by atoms with Crippen LogP contribution in [0.4, 0.5) is 5.82 Å². The predicted molar refractivity (Wildman–Crippen MR) is 131 cm³/mol. The summed E-state index contributed by atoms with van der Waals surface area (Å²) in [6, 6.07) is 19.7. The van der Waals surface area contributed by atoms with Gasteiger partial charge in [0.05, 0.1) is 27.6 Å². The average Bonchev–Trinajstić information content (AvgIpc) is 3.41. The molecule has 1 fully saturated rings. The Hall–Kier alpha value is -3.95. The van der Waals surface area contributed by atoms with Crippen molar-refractivity contribution in [2.24, 2.45) is 0 Å². The molecule has 0 atom stereocenters. The molecule has 3 aromatic heterocycles. The number of nitrogens with two attached hydrogens (primary N) is 1. The van der Waals surface area contributed by atoms with Crippen molar-refractivity contribution in [3.8, 4) is 11.4 Å². The Kier molecular flexibility index (Phi) is 4.53. The number of hydrogen-bond donors (Lipinski definition) is 3. The number of anilines is 1. The minimum absolute atomic E-state index is 0.0990. The van der Waals surface area contributed by atoms with Crippen molar-refractivity contribution in [3.05, 3.63) is 82.1 Å². The van der Waals surface area contributed by atoms with Gasteiger partial charge in [0.15, 0.2) is 5.82 Å². The second kappa shape index (κ2) is 7.58. The number of carbonyl (C=O) groups excluding carboxylic acids is 1. The van der Waals surface area contributed by atoms with Crippen LogP contribution in [0, 0.1) is 0 Å².